The van der Waals surface area contributed by atoms with E-state index in [1.54, 1.807) is 12.1 Å². The minimum Gasteiger partial charge on any atom is -0.487 e. The van der Waals surface area contributed by atoms with Crippen molar-refractivity contribution in [3.63, 3.8) is 0 Å². The summed E-state index contributed by atoms with van der Waals surface area (Å²) in [7, 11) is 1.36. The fourth-order valence-electron chi connectivity index (χ4n) is 4.44. The number of rotatable bonds is 6. The summed E-state index contributed by atoms with van der Waals surface area (Å²) < 4.78 is 10.8. The van der Waals surface area contributed by atoms with Gasteiger partial charge >= 0.3 is 5.97 Å². The van der Waals surface area contributed by atoms with Gasteiger partial charge in [0.15, 0.2) is 5.78 Å². The zero-order valence-corrected chi connectivity index (χ0v) is 19.3. The third kappa shape index (κ3) is 4.39. The number of pyridine rings is 1. The van der Waals surface area contributed by atoms with Crippen LogP contribution in [0.3, 0.4) is 0 Å². The molecular weight excluding hydrogens is 450 g/mol. The van der Waals surface area contributed by atoms with Crippen LogP contribution in [0.2, 0.25) is 5.02 Å². The summed E-state index contributed by atoms with van der Waals surface area (Å²) in [5, 5.41) is 1.65. The van der Waals surface area contributed by atoms with Gasteiger partial charge in [0.25, 0.3) is 0 Å². The molecule has 0 saturated carbocycles. The van der Waals surface area contributed by atoms with Crippen LogP contribution in [0.25, 0.3) is 10.9 Å². The van der Waals surface area contributed by atoms with E-state index in [1.165, 1.54) is 7.11 Å². The standard InChI is InChI=1S/C28H22ClNO4/c1-33-28(32)24-5-3-2-4-18(24)12-20-13-19-8-11-23(15-25(19)27(20)31)34-16-22-10-7-17-6-9-21(29)14-26(17)30-22/h2-11,14-15,20H,12-13,16H2,1H3. The third-order valence-corrected chi connectivity index (χ3v) is 6.41. The summed E-state index contributed by atoms with van der Waals surface area (Å²) in [6.07, 6.45) is 1.12. The second-order valence-electron chi connectivity index (χ2n) is 8.37. The van der Waals surface area contributed by atoms with Gasteiger partial charge in [-0.2, -0.15) is 0 Å². The van der Waals surface area contributed by atoms with Crippen LogP contribution < -0.4 is 4.74 Å². The Hall–Kier alpha value is -3.70. The maximum absolute atomic E-state index is 13.2. The molecule has 1 aliphatic rings. The van der Waals surface area contributed by atoms with E-state index >= 15 is 0 Å². The molecule has 0 N–H and O–H groups in total. The number of hydrogen-bond acceptors (Lipinski definition) is 5. The van der Waals surface area contributed by atoms with Gasteiger partial charge in [-0.3, -0.25) is 4.79 Å². The Bertz CT molecular complexity index is 1410. The maximum Gasteiger partial charge on any atom is 0.338 e. The molecule has 1 aliphatic carbocycles. The second kappa shape index (κ2) is 9.27. The van der Waals surface area contributed by atoms with Crippen LogP contribution in [0.15, 0.2) is 72.8 Å². The zero-order chi connectivity index (χ0) is 23.7. The van der Waals surface area contributed by atoms with E-state index in [0.717, 1.165) is 27.7 Å². The Labute approximate surface area is 202 Å². The largest absolute Gasteiger partial charge is 0.487 e. The van der Waals surface area contributed by atoms with E-state index in [0.29, 0.717) is 34.7 Å². The highest BCUT2D eigenvalue weighted by molar-refractivity contribution is 6.31. The zero-order valence-electron chi connectivity index (χ0n) is 18.6. The summed E-state index contributed by atoms with van der Waals surface area (Å²) >= 11 is 6.08. The number of nitrogens with zero attached hydrogens (tertiary/aromatic N) is 1. The summed E-state index contributed by atoms with van der Waals surface area (Å²) in [5.41, 5.74) is 4.58. The third-order valence-electron chi connectivity index (χ3n) is 6.17. The molecule has 34 heavy (non-hydrogen) atoms. The molecule has 0 saturated heterocycles. The molecule has 1 atom stereocenters. The first kappa shape index (κ1) is 22.1. The van der Waals surface area contributed by atoms with Crippen molar-refractivity contribution >= 4 is 34.3 Å². The highest BCUT2D eigenvalue weighted by Crippen LogP contribution is 2.33. The lowest BCUT2D eigenvalue weighted by Crippen LogP contribution is -2.15. The van der Waals surface area contributed by atoms with Crippen molar-refractivity contribution in [3.05, 3.63) is 106 Å². The average Bonchev–Trinajstić information content (AvgIpc) is 3.16. The lowest BCUT2D eigenvalue weighted by atomic mass is 9.93. The highest BCUT2D eigenvalue weighted by Gasteiger charge is 2.31. The van der Waals surface area contributed by atoms with Crippen LogP contribution in [-0.2, 0) is 24.2 Å². The number of halogens is 1. The Morgan fingerprint density at radius 2 is 1.88 bits per heavy atom. The monoisotopic (exact) mass is 471 g/mol. The van der Waals surface area contributed by atoms with Crippen molar-refractivity contribution in [2.45, 2.75) is 19.4 Å². The summed E-state index contributed by atoms with van der Waals surface area (Å²) in [4.78, 5) is 29.9. The number of ketones is 1. The predicted octanol–water partition coefficient (Wildman–Crippen LogP) is 5.85. The van der Waals surface area contributed by atoms with Crippen LogP contribution in [-0.4, -0.2) is 23.8 Å². The van der Waals surface area contributed by atoms with Gasteiger partial charge in [0, 0.05) is 21.9 Å². The highest BCUT2D eigenvalue weighted by atomic mass is 35.5. The van der Waals surface area contributed by atoms with Gasteiger partial charge in [0.2, 0.25) is 0 Å². The molecule has 0 radical (unpaired) electrons. The number of carbonyl (C=O) groups excluding carboxylic acids is 2. The number of esters is 1. The van der Waals surface area contributed by atoms with Crippen molar-refractivity contribution in [1.82, 2.24) is 4.98 Å². The van der Waals surface area contributed by atoms with Gasteiger partial charge in [-0.15, -0.1) is 0 Å². The number of Topliss-reactive ketones (excluding diaryl/α,β-unsaturated/α-hetero) is 1. The number of ether oxygens (including phenoxy) is 2. The SMILES string of the molecule is COC(=O)c1ccccc1CC1Cc2ccc(OCc3ccc4ccc(Cl)cc4n3)cc2C1=O. The molecule has 5 nitrogen and oxygen atoms in total. The molecule has 1 unspecified atom stereocenters. The number of fused-ring (bicyclic) bond motifs is 2. The molecular formula is C28H22ClNO4. The average molecular weight is 472 g/mol. The van der Waals surface area contributed by atoms with Crippen LogP contribution >= 0.6 is 11.6 Å². The normalized spacial score (nSPS) is 14.8. The lowest BCUT2D eigenvalue weighted by Gasteiger charge is -2.11. The molecule has 0 aliphatic heterocycles. The van der Waals surface area contributed by atoms with E-state index in [4.69, 9.17) is 21.1 Å². The molecule has 0 fully saturated rings. The van der Waals surface area contributed by atoms with Gasteiger partial charge in [0.1, 0.15) is 12.4 Å². The van der Waals surface area contributed by atoms with Crippen molar-refractivity contribution in [1.29, 1.82) is 0 Å². The molecule has 0 spiro atoms. The molecule has 3 aromatic carbocycles. The van der Waals surface area contributed by atoms with Crippen molar-refractivity contribution in [3.8, 4) is 5.75 Å². The fraction of sp³-hybridized carbons (Fsp3) is 0.179. The minimum atomic E-state index is -0.390. The quantitative estimate of drug-likeness (QED) is 0.330. The Morgan fingerprint density at radius 1 is 1.06 bits per heavy atom. The number of benzene rings is 3. The summed E-state index contributed by atoms with van der Waals surface area (Å²) in [5.74, 6) is 0.0797. The van der Waals surface area contributed by atoms with E-state index in [-0.39, 0.29) is 24.3 Å². The number of hydrogen-bond donors (Lipinski definition) is 0. The number of aromatic nitrogens is 1. The molecule has 170 valence electrons. The lowest BCUT2D eigenvalue weighted by molar-refractivity contribution is 0.0598. The number of methoxy groups -OCH3 is 1. The van der Waals surface area contributed by atoms with Gasteiger partial charge < -0.3 is 9.47 Å². The van der Waals surface area contributed by atoms with E-state index < -0.39 is 0 Å². The Morgan fingerprint density at radius 3 is 2.74 bits per heavy atom. The molecule has 5 rings (SSSR count). The summed E-state index contributed by atoms with van der Waals surface area (Å²) in [6.45, 7) is 0.283. The van der Waals surface area contributed by atoms with Crippen LogP contribution in [0.5, 0.6) is 5.75 Å². The van der Waals surface area contributed by atoms with Gasteiger partial charge in [-0.05, 0) is 60.4 Å². The topological polar surface area (TPSA) is 65.5 Å². The molecule has 4 aromatic rings. The van der Waals surface area contributed by atoms with Gasteiger partial charge in [-0.1, -0.05) is 48.0 Å². The van der Waals surface area contributed by atoms with Crippen LogP contribution in [0, 0.1) is 5.92 Å². The van der Waals surface area contributed by atoms with Crippen molar-refractivity contribution < 1.29 is 19.1 Å². The molecule has 6 heteroatoms. The molecule has 1 heterocycles. The Balaban J connectivity index is 1.30. The fourth-order valence-corrected chi connectivity index (χ4v) is 4.61. The van der Waals surface area contributed by atoms with E-state index in [2.05, 4.69) is 4.98 Å². The van der Waals surface area contributed by atoms with E-state index in [9.17, 15) is 9.59 Å². The molecule has 0 bridgehead atoms. The minimum absolute atomic E-state index is 0.0681. The first-order valence-corrected chi connectivity index (χ1v) is 11.4. The second-order valence-corrected chi connectivity index (χ2v) is 8.80. The van der Waals surface area contributed by atoms with Crippen molar-refractivity contribution in [2.75, 3.05) is 7.11 Å². The molecule has 0 amide bonds. The first-order valence-electron chi connectivity index (χ1n) is 11.0. The van der Waals surface area contributed by atoms with Gasteiger partial charge in [0.05, 0.1) is 23.9 Å². The van der Waals surface area contributed by atoms with Crippen LogP contribution in [0.1, 0.15) is 37.5 Å². The van der Waals surface area contributed by atoms with Crippen molar-refractivity contribution in [2.24, 2.45) is 5.92 Å². The summed E-state index contributed by atoms with van der Waals surface area (Å²) in [6, 6.07) is 22.4. The predicted molar refractivity (Wildman–Crippen MR) is 131 cm³/mol. The Kier molecular flexibility index (Phi) is 6.03. The van der Waals surface area contributed by atoms with Crippen LogP contribution in [0.4, 0.5) is 0 Å². The first-order chi connectivity index (χ1) is 16.5. The molecule has 1 aromatic heterocycles. The smallest absolute Gasteiger partial charge is 0.338 e. The number of carbonyl (C=O) groups is 2. The maximum atomic E-state index is 13.2. The van der Waals surface area contributed by atoms with E-state index in [1.807, 2.05) is 60.7 Å². The van der Waals surface area contributed by atoms with Gasteiger partial charge in [-0.25, -0.2) is 9.78 Å².